The molecule has 0 bridgehead atoms. The third-order valence-corrected chi connectivity index (χ3v) is 6.50. The molecule has 37 heavy (non-hydrogen) atoms. The number of hydrogen-bond acceptors (Lipinski definition) is 1. The molecule has 0 aliphatic carbocycles. The van der Waals surface area contributed by atoms with E-state index in [2.05, 4.69) is 77.7 Å². The smallest absolute Gasteiger partial charge is 0.0623 e. The number of hydrogen-bond donors (Lipinski definition) is 0. The predicted molar refractivity (Wildman–Crippen MR) is 157 cm³/mol. The first-order chi connectivity index (χ1) is 19.5. The van der Waals surface area contributed by atoms with Gasteiger partial charge in [-0.05, 0) is 69.8 Å². The molecule has 176 valence electrons. The Kier molecular flexibility index (Phi) is 5.43. The summed E-state index contributed by atoms with van der Waals surface area (Å²) in [5.74, 6) is 0. The van der Waals surface area contributed by atoms with Crippen LogP contribution in [-0.4, -0.2) is 0 Å². The fourth-order valence-corrected chi connectivity index (χ4v) is 4.57. The Morgan fingerprint density at radius 3 is 0.838 bits per heavy atom. The molecule has 1 nitrogen and oxygen atoms in total. The van der Waals surface area contributed by atoms with Gasteiger partial charge in [0.1, 0.15) is 0 Å². The second-order valence-corrected chi connectivity index (χ2v) is 8.85. The lowest BCUT2D eigenvalue weighted by Crippen LogP contribution is -2.09. The van der Waals surface area contributed by atoms with Crippen molar-refractivity contribution in [3.05, 3.63) is 164 Å². The molecule has 0 N–H and O–H groups in total. The lowest BCUT2D eigenvalue weighted by atomic mass is 10.0. The molecule has 0 saturated carbocycles. The van der Waals surface area contributed by atoms with Crippen molar-refractivity contribution in [1.82, 2.24) is 0 Å². The highest BCUT2D eigenvalue weighted by atomic mass is 15.1. The van der Waals surface area contributed by atoms with E-state index in [9.17, 15) is 0 Å². The SMILES string of the molecule is [3H]c1cccc(-c2ccc(N(c3ccc(-c4cccc([3H])c4)cc3)c3ccc(-c4cccc([3H])c4)cc3)cc2)c1. The van der Waals surface area contributed by atoms with Gasteiger partial charge in [0.05, 0.1) is 4.11 Å². The van der Waals surface area contributed by atoms with Crippen LogP contribution in [0, 0.1) is 0 Å². The molecular weight excluding hydrogens is 446 g/mol. The Labute approximate surface area is 223 Å². The van der Waals surface area contributed by atoms with Gasteiger partial charge in [0, 0.05) is 17.1 Å². The van der Waals surface area contributed by atoms with E-state index in [1.165, 1.54) is 0 Å². The normalized spacial score (nSPS) is 11.8. The summed E-state index contributed by atoms with van der Waals surface area (Å²) in [6.07, 6.45) is 0. The summed E-state index contributed by atoms with van der Waals surface area (Å²) < 4.78 is 23.9. The molecule has 0 aliphatic rings. The summed E-state index contributed by atoms with van der Waals surface area (Å²) in [6.45, 7) is 0. The van der Waals surface area contributed by atoms with E-state index >= 15 is 0 Å². The van der Waals surface area contributed by atoms with Gasteiger partial charge in [-0.3, -0.25) is 0 Å². The topological polar surface area (TPSA) is 3.24 Å². The molecule has 0 aliphatic heterocycles. The quantitative estimate of drug-likeness (QED) is 0.230. The molecular formula is C36H27N. The van der Waals surface area contributed by atoms with Crippen molar-refractivity contribution in [2.45, 2.75) is 0 Å². The summed E-state index contributed by atoms with van der Waals surface area (Å²) >= 11 is 0. The van der Waals surface area contributed by atoms with Crippen molar-refractivity contribution >= 4 is 17.1 Å². The first-order valence-corrected chi connectivity index (χ1v) is 12.3. The van der Waals surface area contributed by atoms with Crippen LogP contribution in [0.4, 0.5) is 17.1 Å². The van der Waals surface area contributed by atoms with E-state index in [0.717, 1.165) is 50.4 Å². The Hall–Kier alpha value is -4.88. The van der Waals surface area contributed by atoms with Crippen molar-refractivity contribution in [2.24, 2.45) is 0 Å². The summed E-state index contributed by atoms with van der Waals surface area (Å²) in [5, 5.41) is 0. The maximum Gasteiger partial charge on any atom is 0.0623 e. The Balaban J connectivity index is 1.39. The van der Waals surface area contributed by atoms with Crippen LogP contribution in [0.25, 0.3) is 33.4 Å². The zero-order valence-corrected chi connectivity index (χ0v) is 20.3. The Bertz CT molecular complexity index is 1550. The largest absolute Gasteiger partial charge is 0.311 e. The van der Waals surface area contributed by atoms with Crippen LogP contribution in [0.3, 0.4) is 0 Å². The minimum atomic E-state index is 0.496. The molecule has 6 aromatic rings. The van der Waals surface area contributed by atoms with E-state index in [0.29, 0.717) is 18.1 Å². The monoisotopic (exact) mass is 479 g/mol. The van der Waals surface area contributed by atoms with Crippen LogP contribution in [0.1, 0.15) is 4.11 Å². The van der Waals surface area contributed by atoms with Gasteiger partial charge in [0.15, 0.2) is 0 Å². The van der Waals surface area contributed by atoms with Gasteiger partial charge >= 0.3 is 0 Å². The Morgan fingerprint density at radius 2 is 0.568 bits per heavy atom. The maximum absolute atomic E-state index is 7.97. The van der Waals surface area contributed by atoms with Gasteiger partial charge in [-0.15, -0.1) is 0 Å². The average Bonchev–Trinajstić information content (AvgIpc) is 2.98. The minimum absolute atomic E-state index is 0.496. The van der Waals surface area contributed by atoms with E-state index in [4.69, 9.17) is 4.11 Å². The third kappa shape index (κ3) is 4.94. The van der Waals surface area contributed by atoms with Crippen LogP contribution in [0.5, 0.6) is 0 Å². The molecule has 0 spiro atoms. The molecule has 0 fully saturated rings. The number of rotatable bonds is 6. The van der Waals surface area contributed by atoms with E-state index in [1.807, 2.05) is 54.6 Å². The maximum atomic E-state index is 7.97. The molecule has 1 heteroatoms. The van der Waals surface area contributed by atoms with Gasteiger partial charge in [-0.25, -0.2) is 0 Å². The third-order valence-electron chi connectivity index (χ3n) is 6.50. The standard InChI is InChI=1S/C36H27N/c1-4-10-28(11-5-1)31-16-22-34(23-17-31)37(35-24-18-32(19-25-35)29-12-6-2-7-13-29)36-26-20-33(21-27-36)30-14-8-3-9-15-30/h1-27H/i4T,6T,8T. The van der Waals surface area contributed by atoms with Gasteiger partial charge in [0.2, 0.25) is 0 Å². The molecule has 0 amide bonds. The van der Waals surface area contributed by atoms with Crippen molar-refractivity contribution in [3.63, 3.8) is 0 Å². The fraction of sp³-hybridized carbons (Fsp3) is 0. The van der Waals surface area contributed by atoms with Gasteiger partial charge in [-0.1, -0.05) is 127 Å². The number of nitrogens with zero attached hydrogens (tertiary/aromatic N) is 1. The van der Waals surface area contributed by atoms with Gasteiger partial charge in [0.25, 0.3) is 0 Å². The average molecular weight is 480 g/mol. The van der Waals surface area contributed by atoms with Crippen molar-refractivity contribution in [1.29, 1.82) is 0 Å². The van der Waals surface area contributed by atoms with E-state index in [1.54, 1.807) is 18.2 Å². The molecule has 0 saturated heterocycles. The van der Waals surface area contributed by atoms with Crippen LogP contribution in [0.15, 0.2) is 164 Å². The van der Waals surface area contributed by atoms with E-state index < -0.39 is 0 Å². The molecule has 6 rings (SSSR count). The van der Waals surface area contributed by atoms with Crippen molar-refractivity contribution < 1.29 is 4.11 Å². The van der Waals surface area contributed by atoms with Crippen LogP contribution in [0.2, 0.25) is 0 Å². The zero-order valence-electron chi connectivity index (χ0n) is 23.3. The summed E-state index contributed by atoms with van der Waals surface area (Å²) in [4.78, 5) is 2.22. The molecule has 0 radical (unpaired) electrons. The first kappa shape index (κ1) is 19.3. The molecule has 0 aromatic heterocycles. The highest BCUT2D eigenvalue weighted by molar-refractivity contribution is 5.81. The van der Waals surface area contributed by atoms with Crippen molar-refractivity contribution in [2.75, 3.05) is 4.90 Å². The number of benzene rings is 6. The van der Waals surface area contributed by atoms with Gasteiger partial charge in [-0.2, -0.15) is 0 Å². The molecule has 6 aromatic carbocycles. The second-order valence-electron chi connectivity index (χ2n) is 8.85. The molecule has 0 heterocycles. The highest BCUT2D eigenvalue weighted by Gasteiger charge is 2.13. The zero-order chi connectivity index (χ0) is 27.5. The molecule has 0 atom stereocenters. The fourth-order valence-electron chi connectivity index (χ4n) is 4.57. The van der Waals surface area contributed by atoms with Gasteiger partial charge < -0.3 is 4.90 Å². The van der Waals surface area contributed by atoms with Crippen LogP contribution >= 0.6 is 0 Å². The predicted octanol–water partition coefficient (Wildman–Crippen LogP) is 10.2. The summed E-state index contributed by atoms with van der Waals surface area (Å²) in [5.41, 5.74) is 9.32. The Morgan fingerprint density at radius 1 is 0.297 bits per heavy atom. The first-order valence-electron chi connectivity index (χ1n) is 13.8. The van der Waals surface area contributed by atoms with Crippen LogP contribution in [-0.2, 0) is 0 Å². The lowest BCUT2D eigenvalue weighted by Gasteiger charge is -2.26. The summed E-state index contributed by atoms with van der Waals surface area (Å²) in [7, 11) is 0. The highest BCUT2D eigenvalue weighted by Crippen LogP contribution is 2.37. The van der Waals surface area contributed by atoms with Crippen molar-refractivity contribution in [3.8, 4) is 33.4 Å². The minimum Gasteiger partial charge on any atom is -0.311 e. The summed E-state index contributed by atoms with van der Waals surface area (Å²) in [6, 6.07) is 49.5. The second kappa shape index (κ2) is 10.4. The van der Waals surface area contributed by atoms with E-state index in [-0.39, 0.29) is 0 Å². The van der Waals surface area contributed by atoms with Crippen LogP contribution < -0.4 is 4.90 Å². The lowest BCUT2D eigenvalue weighted by molar-refractivity contribution is 1.28. The number of anilines is 3. The molecule has 0 unspecified atom stereocenters.